The zero-order valence-corrected chi connectivity index (χ0v) is 19.0. The Hall–Kier alpha value is -0.530. The van der Waals surface area contributed by atoms with E-state index in [1.54, 1.807) is 0 Å². The first kappa shape index (κ1) is 20.7. The minimum atomic E-state index is -0.0299. The summed E-state index contributed by atoms with van der Waals surface area (Å²) in [4.78, 5) is 11.6. The highest BCUT2D eigenvalue weighted by Gasteiger charge is 2.60. The lowest BCUT2D eigenvalue weighted by Gasteiger charge is -2.62. The van der Waals surface area contributed by atoms with E-state index in [1.807, 2.05) is 0 Å². The lowest BCUT2D eigenvalue weighted by Crippen LogP contribution is -2.55. The van der Waals surface area contributed by atoms with Crippen LogP contribution in [0.2, 0.25) is 0 Å². The van der Waals surface area contributed by atoms with Crippen LogP contribution in [-0.2, 0) is 9.53 Å². The summed E-state index contributed by atoms with van der Waals surface area (Å²) in [5.74, 6) is 5.71. The maximum atomic E-state index is 11.6. The minimum Gasteiger partial charge on any atom is -0.469 e. The maximum absolute atomic E-state index is 11.6. The summed E-state index contributed by atoms with van der Waals surface area (Å²) in [5.41, 5.74) is 1.17. The van der Waals surface area contributed by atoms with Crippen LogP contribution < -0.4 is 0 Å². The van der Waals surface area contributed by atoms with E-state index in [0.29, 0.717) is 17.3 Å². The molecule has 0 aromatic heterocycles. The number of hydrogen-bond acceptors (Lipinski definition) is 2. The fraction of sp³-hybridized carbons (Fsp3) is 0.962. The third-order valence-electron chi connectivity index (χ3n) is 10.6. The molecule has 2 heteroatoms. The van der Waals surface area contributed by atoms with Crippen LogP contribution in [0.1, 0.15) is 104 Å². The van der Waals surface area contributed by atoms with Crippen molar-refractivity contribution in [1.29, 1.82) is 0 Å². The second kappa shape index (κ2) is 7.95. The smallest absolute Gasteiger partial charge is 0.305 e. The van der Waals surface area contributed by atoms with E-state index in [2.05, 4.69) is 20.8 Å². The molecule has 4 rings (SSSR count). The van der Waals surface area contributed by atoms with Crippen molar-refractivity contribution in [3.8, 4) is 0 Å². The van der Waals surface area contributed by atoms with Crippen LogP contribution in [0, 0.1) is 46.3 Å². The zero-order chi connectivity index (χ0) is 19.9. The second-order valence-electron chi connectivity index (χ2n) is 11.4. The fourth-order valence-electron chi connectivity index (χ4n) is 9.20. The molecule has 0 amide bonds. The van der Waals surface area contributed by atoms with Gasteiger partial charge in [-0.15, -0.1) is 0 Å². The lowest BCUT2D eigenvalue weighted by atomic mass is 9.42. The number of carbonyl (C=O) groups is 1. The molecule has 7 unspecified atom stereocenters. The highest BCUT2D eigenvalue weighted by atomic mass is 16.5. The van der Waals surface area contributed by atoms with Gasteiger partial charge in [0.15, 0.2) is 0 Å². The van der Waals surface area contributed by atoms with Gasteiger partial charge < -0.3 is 4.74 Å². The van der Waals surface area contributed by atoms with Crippen LogP contribution in [0.5, 0.6) is 0 Å². The molecule has 28 heavy (non-hydrogen) atoms. The summed E-state index contributed by atoms with van der Waals surface area (Å²) >= 11 is 0. The average Bonchev–Trinajstić information content (AvgIpc) is 3.03. The SMILES string of the molecule is CC[C@H]1CC2C3CCC(CCCC(=O)OC)C3(C)CCC2C2(C)CCCCC12. The summed E-state index contributed by atoms with van der Waals surface area (Å²) < 4.78 is 4.86. The molecule has 4 saturated carbocycles. The first-order valence-electron chi connectivity index (χ1n) is 12.5. The van der Waals surface area contributed by atoms with Gasteiger partial charge in [0.05, 0.1) is 7.11 Å². The average molecular weight is 389 g/mol. The van der Waals surface area contributed by atoms with Gasteiger partial charge in [-0.05, 0) is 104 Å². The minimum absolute atomic E-state index is 0.0299. The first-order valence-corrected chi connectivity index (χ1v) is 12.5. The Morgan fingerprint density at radius 1 is 0.964 bits per heavy atom. The molecule has 0 aromatic rings. The van der Waals surface area contributed by atoms with E-state index in [4.69, 9.17) is 4.74 Å². The van der Waals surface area contributed by atoms with Crippen molar-refractivity contribution in [3.05, 3.63) is 0 Å². The van der Waals surface area contributed by atoms with Gasteiger partial charge in [-0.1, -0.05) is 40.0 Å². The predicted molar refractivity (Wildman–Crippen MR) is 115 cm³/mol. The Balaban J connectivity index is 1.50. The molecule has 0 spiro atoms. The molecule has 4 aliphatic rings. The van der Waals surface area contributed by atoms with Crippen molar-refractivity contribution in [3.63, 3.8) is 0 Å². The Labute approximate surface area is 173 Å². The van der Waals surface area contributed by atoms with Crippen molar-refractivity contribution in [2.75, 3.05) is 7.11 Å². The topological polar surface area (TPSA) is 26.3 Å². The maximum Gasteiger partial charge on any atom is 0.305 e. The molecule has 0 heterocycles. The van der Waals surface area contributed by atoms with Crippen LogP contribution in [0.15, 0.2) is 0 Å². The summed E-state index contributed by atoms with van der Waals surface area (Å²) in [6.07, 6.45) is 17.5. The van der Waals surface area contributed by atoms with Crippen molar-refractivity contribution in [2.45, 2.75) is 104 Å². The standard InChI is InChI=1S/C26H44O2/c1-5-18-17-20-22-13-12-19(9-8-11-24(27)28-4)25(22,2)16-14-23(20)26(3)15-7-6-10-21(18)26/h18-23H,5-17H2,1-4H3/t18-,19?,20?,21?,22?,23?,25?,26?/m0/s1. The molecule has 160 valence electrons. The molecule has 0 N–H and O–H groups in total. The van der Waals surface area contributed by atoms with E-state index < -0.39 is 0 Å². The van der Waals surface area contributed by atoms with Crippen LogP contribution >= 0.6 is 0 Å². The Morgan fingerprint density at radius 3 is 2.50 bits per heavy atom. The quantitative estimate of drug-likeness (QED) is 0.473. The Morgan fingerprint density at radius 2 is 1.75 bits per heavy atom. The largest absolute Gasteiger partial charge is 0.469 e. The number of ether oxygens (including phenoxy) is 1. The van der Waals surface area contributed by atoms with Crippen molar-refractivity contribution in [2.24, 2.45) is 46.3 Å². The number of esters is 1. The summed E-state index contributed by atoms with van der Waals surface area (Å²) in [7, 11) is 1.52. The van der Waals surface area contributed by atoms with E-state index >= 15 is 0 Å². The molecule has 4 fully saturated rings. The van der Waals surface area contributed by atoms with Crippen LogP contribution in [-0.4, -0.2) is 13.1 Å². The molecule has 0 saturated heterocycles. The molecular formula is C26H44O2. The normalized spacial score (nSPS) is 47.7. The number of rotatable bonds is 5. The van der Waals surface area contributed by atoms with Crippen LogP contribution in [0.4, 0.5) is 0 Å². The Kier molecular flexibility index (Phi) is 5.89. The summed E-state index contributed by atoms with van der Waals surface area (Å²) in [5, 5.41) is 0. The van der Waals surface area contributed by atoms with Crippen LogP contribution in [0.25, 0.3) is 0 Å². The van der Waals surface area contributed by atoms with Crippen molar-refractivity contribution < 1.29 is 9.53 Å². The Bertz CT molecular complexity index is 571. The zero-order valence-electron chi connectivity index (χ0n) is 19.0. The van der Waals surface area contributed by atoms with Gasteiger partial charge in [0, 0.05) is 6.42 Å². The number of hydrogen-bond donors (Lipinski definition) is 0. The third kappa shape index (κ3) is 3.25. The molecule has 0 radical (unpaired) electrons. The number of carbonyl (C=O) groups excluding carboxylic acids is 1. The molecule has 0 aliphatic heterocycles. The van der Waals surface area contributed by atoms with Gasteiger partial charge in [0.1, 0.15) is 0 Å². The summed E-state index contributed by atoms with van der Waals surface area (Å²) in [6, 6.07) is 0. The molecule has 4 aliphatic carbocycles. The van der Waals surface area contributed by atoms with Crippen LogP contribution in [0.3, 0.4) is 0 Å². The van der Waals surface area contributed by atoms with E-state index in [9.17, 15) is 4.79 Å². The molecular weight excluding hydrogens is 344 g/mol. The third-order valence-corrected chi connectivity index (χ3v) is 10.6. The van der Waals surface area contributed by atoms with Gasteiger partial charge in [0.2, 0.25) is 0 Å². The van der Waals surface area contributed by atoms with E-state index in [1.165, 1.54) is 77.7 Å². The van der Waals surface area contributed by atoms with E-state index in [-0.39, 0.29) is 5.97 Å². The van der Waals surface area contributed by atoms with E-state index in [0.717, 1.165) is 41.9 Å². The van der Waals surface area contributed by atoms with Gasteiger partial charge in [0.25, 0.3) is 0 Å². The number of methoxy groups -OCH3 is 1. The van der Waals surface area contributed by atoms with Gasteiger partial charge in [-0.2, -0.15) is 0 Å². The van der Waals surface area contributed by atoms with Gasteiger partial charge in [-0.25, -0.2) is 0 Å². The predicted octanol–water partition coefficient (Wildman–Crippen LogP) is 7.01. The first-order chi connectivity index (χ1) is 13.4. The molecule has 8 atom stereocenters. The lowest BCUT2D eigenvalue weighted by molar-refractivity contribution is -0.141. The summed E-state index contributed by atoms with van der Waals surface area (Å²) in [6.45, 7) is 7.81. The van der Waals surface area contributed by atoms with Crippen molar-refractivity contribution >= 4 is 5.97 Å². The molecule has 0 aromatic carbocycles. The monoisotopic (exact) mass is 388 g/mol. The van der Waals surface area contributed by atoms with Crippen molar-refractivity contribution in [1.82, 2.24) is 0 Å². The highest BCUT2D eigenvalue weighted by Crippen LogP contribution is 2.69. The second-order valence-corrected chi connectivity index (χ2v) is 11.4. The molecule has 2 nitrogen and oxygen atoms in total. The van der Waals surface area contributed by atoms with Gasteiger partial charge in [-0.3, -0.25) is 4.79 Å². The molecule has 0 bridgehead atoms. The fourth-order valence-corrected chi connectivity index (χ4v) is 9.20. The van der Waals surface area contributed by atoms with Gasteiger partial charge >= 0.3 is 5.97 Å². The highest BCUT2D eigenvalue weighted by molar-refractivity contribution is 5.68. The number of fused-ring (bicyclic) bond motifs is 5.